The van der Waals surface area contributed by atoms with Crippen molar-refractivity contribution in [3.8, 4) is 0 Å². The summed E-state index contributed by atoms with van der Waals surface area (Å²) in [6.07, 6.45) is 0.693. The van der Waals surface area contributed by atoms with E-state index in [0.717, 1.165) is 5.56 Å². The van der Waals surface area contributed by atoms with Crippen LogP contribution >= 0.6 is 0 Å². The summed E-state index contributed by atoms with van der Waals surface area (Å²) in [4.78, 5) is 11.6. The second-order valence-electron chi connectivity index (χ2n) is 5.11. The van der Waals surface area contributed by atoms with Crippen LogP contribution in [0.1, 0.15) is 38.4 Å². The second kappa shape index (κ2) is 5.21. The van der Waals surface area contributed by atoms with Crippen LogP contribution in [0.15, 0.2) is 30.3 Å². The van der Waals surface area contributed by atoms with Crippen LogP contribution in [0.4, 0.5) is 0 Å². The molecule has 98 valence electrons. The Hall–Kier alpha value is -1.19. The van der Waals surface area contributed by atoms with E-state index in [1.807, 2.05) is 44.2 Å². The largest absolute Gasteiger partial charge is 0.375 e. The number of rotatable bonds is 4. The SMILES string of the molecule is CO[C@@]1(C)CC(=O)C[C@@H]1O[C@@H](C)c1ccccc1. The van der Waals surface area contributed by atoms with E-state index < -0.39 is 5.60 Å². The summed E-state index contributed by atoms with van der Waals surface area (Å²) >= 11 is 0. The Labute approximate surface area is 108 Å². The van der Waals surface area contributed by atoms with E-state index >= 15 is 0 Å². The van der Waals surface area contributed by atoms with Crippen LogP contribution in [0.3, 0.4) is 0 Å². The minimum atomic E-state index is -0.486. The molecule has 0 aliphatic heterocycles. The van der Waals surface area contributed by atoms with Crippen LogP contribution < -0.4 is 0 Å². The summed E-state index contributed by atoms with van der Waals surface area (Å²) in [7, 11) is 1.64. The molecular formula is C15H20O3. The van der Waals surface area contributed by atoms with Gasteiger partial charge in [0.2, 0.25) is 0 Å². The molecule has 1 fully saturated rings. The molecule has 0 unspecified atom stereocenters. The molecule has 1 aliphatic rings. The fourth-order valence-corrected chi connectivity index (χ4v) is 2.44. The molecule has 0 aromatic heterocycles. The van der Waals surface area contributed by atoms with E-state index in [0.29, 0.717) is 12.8 Å². The molecule has 0 heterocycles. The third-order valence-electron chi connectivity index (χ3n) is 3.75. The molecular weight excluding hydrogens is 228 g/mol. The van der Waals surface area contributed by atoms with Crippen molar-refractivity contribution < 1.29 is 14.3 Å². The number of benzene rings is 1. The predicted octanol–water partition coefficient (Wildman–Crippen LogP) is 2.90. The van der Waals surface area contributed by atoms with Gasteiger partial charge in [-0.3, -0.25) is 4.79 Å². The molecule has 1 saturated carbocycles. The maximum absolute atomic E-state index is 11.6. The fourth-order valence-electron chi connectivity index (χ4n) is 2.44. The van der Waals surface area contributed by atoms with E-state index in [1.54, 1.807) is 7.11 Å². The predicted molar refractivity (Wildman–Crippen MR) is 69.4 cm³/mol. The van der Waals surface area contributed by atoms with Crippen molar-refractivity contribution in [2.45, 2.75) is 44.5 Å². The summed E-state index contributed by atoms with van der Waals surface area (Å²) in [6, 6.07) is 10.0. The molecule has 3 atom stereocenters. The van der Waals surface area contributed by atoms with Crippen molar-refractivity contribution in [2.75, 3.05) is 7.11 Å². The first kappa shape index (κ1) is 13.2. The Morgan fingerprint density at radius 1 is 1.33 bits per heavy atom. The average Bonchev–Trinajstić information content (AvgIpc) is 2.66. The van der Waals surface area contributed by atoms with Gasteiger partial charge in [0.25, 0.3) is 0 Å². The minimum absolute atomic E-state index is 0.0309. The lowest BCUT2D eigenvalue weighted by Crippen LogP contribution is -2.38. The van der Waals surface area contributed by atoms with Crippen LogP contribution in [-0.2, 0) is 14.3 Å². The molecule has 2 rings (SSSR count). The highest BCUT2D eigenvalue weighted by Crippen LogP contribution is 2.35. The summed E-state index contributed by atoms with van der Waals surface area (Å²) in [5.41, 5.74) is 0.635. The summed E-state index contributed by atoms with van der Waals surface area (Å²) in [5, 5.41) is 0. The van der Waals surface area contributed by atoms with Gasteiger partial charge in [-0.15, -0.1) is 0 Å². The molecule has 1 aromatic carbocycles. The van der Waals surface area contributed by atoms with Crippen LogP contribution in [0.2, 0.25) is 0 Å². The molecule has 0 bridgehead atoms. The Kier molecular flexibility index (Phi) is 3.83. The first-order chi connectivity index (χ1) is 8.55. The Bertz CT molecular complexity index is 415. The van der Waals surface area contributed by atoms with Gasteiger partial charge in [0.15, 0.2) is 0 Å². The minimum Gasteiger partial charge on any atom is -0.375 e. The number of carbonyl (C=O) groups excluding carboxylic acids is 1. The number of ether oxygens (including phenoxy) is 2. The van der Waals surface area contributed by atoms with Crippen molar-refractivity contribution in [3.05, 3.63) is 35.9 Å². The number of carbonyl (C=O) groups is 1. The third-order valence-corrected chi connectivity index (χ3v) is 3.75. The van der Waals surface area contributed by atoms with Gasteiger partial charge in [0.1, 0.15) is 5.78 Å². The Morgan fingerprint density at radius 3 is 2.61 bits per heavy atom. The average molecular weight is 248 g/mol. The molecule has 0 amide bonds. The van der Waals surface area contributed by atoms with Gasteiger partial charge in [0, 0.05) is 20.0 Å². The highest BCUT2D eigenvalue weighted by molar-refractivity contribution is 5.83. The molecule has 0 N–H and O–H groups in total. The lowest BCUT2D eigenvalue weighted by Gasteiger charge is -2.31. The monoisotopic (exact) mass is 248 g/mol. The van der Waals surface area contributed by atoms with E-state index in [2.05, 4.69) is 0 Å². The van der Waals surface area contributed by atoms with E-state index in [-0.39, 0.29) is 18.0 Å². The van der Waals surface area contributed by atoms with E-state index in [9.17, 15) is 4.79 Å². The Balaban J connectivity index is 2.07. The number of hydrogen-bond acceptors (Lipinski definition) is 3. The molecule has 0 saturated heterocycles. The lowest BCUT2D eigenvalue weighted by atomic mass is 10.0. The number of Topliss-reactive ketones (excluding diaryl/α,β-unsaturated/α-hetero) is 1. The van der Waals surface area contributed by atoms with Gasteiger partial charge in [-0.05, 0) is 19.4 Å². The molecule has 1 aliphatic carbocycles. The first-order valence-corrected chi connectivity index (χ1v) is 6.32. The maximum Gasteiger partial charge on any atom is 0.138 e. The highest BCUT2D eigenvalue weighted by Gasteiger charge is 2.45. The van der Waals surface area contributed by atoms with Gasteiger partial charge in [-0.2, -0.15) is 0 Å². The van der Waals surface area contributed by atoms with Crippen LogP contribution in [0, 0.1) is 0 Å². The van der Waals surface area contributed by atoms with Crippen molar-refractivity contribution in [1.29, 1.82) is 0 Å². The topological polar surface area (TPSA) is 35.5 Å². The molecule has 18 heavy (non-hydrogen) atoms. The van der Waals surface area contributed by atoms with Crippen molar-refractivity contribution in [3.63, 3.8) is 0 Å². The van der Waals surface area contributed by atoms with E-state index in [1.165, 1.54) is 0 Å². The van der Waals surface area contributed by atoms with Gasteiger partial charge in [-0.1, -0.05) is 30.3 Å². The van der Waals surface area contributed by atoms with Gasteiger partial charge in [-0.25, -0.2) is 0 Å². The van der Waals surface area contributed by atoms with Gasteiger partial charge < -0.3 is 9.47 Å². The van der Waals surface area contributed by atoms with Crippen LogP contribution in [0.5, 0.6) is 0 Å². The van der Waals surface area contributed by atoms with E-state index in [4.69, 9.17) is 9.47 Å². The molecule has 0 radical (unpaired) electrons. The zero-order valence-corrected chi connectivity index (χ0v) is 11.2. The van der Waals surface area contributed by atoms with Gasteiger partial charge in [0.05, 0.1) is 17.8 Å². The Morgan fingerprint density at radius 2 is 2.00 bits per heavy atom. The molecule has 3 nitrogen and oxygen atoms in total. The standard InChI is InChI=1S/C15H20O3/c1-11(12-7-5-4-6-8-12)18-14-9-13(16)10-15(14,2)17-3/h4-8,11,14H,9-10H2,1-3H3/t11-,14-,15-/m0/s1. The number of hydrogen-bond donors (Lipinski definition) is 0. The summed E-state index contributed by atoms with van der Waals surface area (Å²) in [5.74, 6) is 0.213. The quantitative estimate of drug-likeness (QED) is 0.822. The zero-order chi connectivity index (χ0) is 13.2. The molecule has 1 aromatic rings. The van der Waals surface area contributed by atoms with Crippen LogP contribution in [0.25, 0.3) is 0 Å². The van der Waals surface area contributed by atoms with Crippen LogP contribution in [-0.4, -0.2) is 24.6 Å². The lowest BCUT2D eigenvalue weighted by molar-refractivity contribution is -0.124. The normalized spacial score (nSPS) is 29.5. The first-order valence-electron chi connectivity index (χ1n) is 6.32. The summed E-state index contributed by atoms with van der Waals surface area (Å²) in [6.45, 7) is 3.95. The molecule has 3 heteroatoms. The van der Waals surface area contributed by atoms with Gasteiger partial charge >= 0.3 is 0 Å². The zero-order valence-electron chi connectivity index (χ0n) is 11.2. The third kappa shape index (κ3) is 2.62. The van der Waals surface area contributed by atoms with Crippen molar-refractivity contribution in [1.82, 2.24) is 0 Å². The maximum atomic E-state index is 11.6. The number of ketones is 1. The highest BCUT2D eigenvalue weighted by atomic mass is 16.6. The smallest absolute Gasteiger partial charge is 0.138 e. The van der Waals surface area contributed by atoms with Crippen molar-refractivity contribution in [2.24, 2.45) is 0 Å². The fraction of sp³-hybridized carbons (Fsp3) is 0.533. The summed E-state index contributed by atoms with van der Waals surface area (Å²) < 4.78 is 11.5. The number of methoxy groups -OCH3 is 1. The van der Waals surface area contributed by atoms with Crippen molar-refractivity contribution >= 4 is 5.78 Å². The second-order valence-corrected chi connectivity index (χ2v) is 5.11. The molecule has 0 spiro atoms.